The smallest absolute Gasteiger partial charge is 0.0566 e. The normalized spacial score (nSPS) is 12.5. The molecule has 0 saturated carbocycles. The van der Waals surface area contributed by atoms with E-state index in [9.17, 15) is 0 Å². The molecule has 1 nitrogen and oxygen atoms in total. The van der Waals surface area contributed by atoms with Crippen LogP contribution in [-0.2, 0) is 0 Å². The van der Waals surface area contributed by atoms with Crippen LogP contribution in [0.5, 0.6) is 0 Å². The zero-order valence-electron chi connectivity index (χ0n) is 8.83. The van der Waals surface area contributed by atoms with E-state index in [0.29, 0.717) is 10.0 Å². The Labute approximate surface area is 119 Å². The predicted octanol–water partition coefficient (Wildman–Crippen LogP) is 4.80. The fraction of sp³-hybridized carbons (Fsp3) is 0.0769. The molecule has 0 bridgehead atoms. The monoisotopic (exact) mass is 329 g/mol. The van der Waals surface area contributed by atoms with Gasteiger partial charge in [0.1, 0.15) is 0 Å². The summed E-state index contributed by atoms with van der Waals surface area (Å²) in [6, 6.07) is 12.9. The summed E-state index contributed by atoms with van der Waals surface area (Å²) in [5.74, 6) is 0. The maximum atomic E-state index is 6.18. The zero-order chi connectivity index (χ0) is 12.4. The van der Waals surface area contributed by atoms with Crippen LogP contribution in [-0.4, -0.2) is 0 Å². The van der Waals surface area contributed by atoms with Gasteiger partial charge in [-0.05, 0) is 35.4 Å². The molecule has 0 aliphatic rings. The van der Waals surface area contributed by atoms with Crippen LogP contribution < -0.4 is 5.73 Å². The first-order valence-corrected chi connectivity index (χ1v) is 6.59. The average Bonchev–Trinajstić information content (AvgIpc) is 2.28. The Hall–Kier alpha value is -0.540. The van der Waals surface area contributed by atoms with Crippen LogP contribution in [0.4, 0.5) is 0 Å². The van der Waals surface area contributed by atoms with E-state index in [1.54, 1.807) is 0 Å². The van der Waals surface area contributed by atoms with Gasteiger partial charge < -0.3 is 5.73 Å². The van der Waals surface area contributed by atoms with E-state index < -0.39 is 0 Å². The Balaban J connectivity index is 2.40. The number of nitrogens with two attached hydrogens (primary N) is 1. The van der Waals surface area contributed by atoms with Crippen molar-refractivity contribution in [2.45, 2.75) is 6.04 Å². The topological polar surface area (TPSA) is 26.0 Å². The van der Waals surface area contributed by atoms with Crippen molar-refractivity contribution < 1.29 is 0 Å². The fourth-order valence-electron chi connectivity index (χ4n) is 1.63. The van der Waals surface area contributed by atoms with Gasteiger partial charge in [-0.3, -0.25) is 0 Å². The molecule has 2 N–H and O–H groups in total. The second-order valence-corrected chi connectivity index (χ2v) is 5.46. The van der Waals surface area contributed by atoms with E-state index in [-0.39, 0.29) is 6.04 Å². The van der Waals surface area contributed by atoms with Crippen LogP contribution in [0.1, 0.15) is 17.2 Å². The quantitative estimate of drug-likeness (QED) is 0.840. The van der Waals surface area contributed by atoms with Crippen molar-refractivity contribution in [1.82, 2.24) is 0 Å². The third-order valence-corrected chi connectivity index (χ3v) is 3.56. The number of hydrogen-bond acceptors (Lipinski definition) is 1. The lowest BCUT2D eigenvalue weighted by Gasteiger charge is -2.14. The standard InChI is InChI=1S/C13H10BrCl2N/c14-9-4-5-11(12(16)7-9)13(17)8-2-1-3-10(15)6-8/h1-7,13H,17H2. The molecule has 0 aromatic heterocycles. The lowest BCUT2D eigenvalue weighted by atomic mass is 10.00. The third kappa shape index (κ3) is 3.02. The summed E-state index contributed by atoms with van der Waals surface area (Å²) < 4.78 is 0.935. The second-order valence-electron chi connectivity index (χ2n) is 3.70. The molecule has 0 aliphatic carbocycles. The minimum absolute atomic E-state index is 0.269. The Morgan fingerprint density at radius 1 is 1.06 bits per heavy atom. The molecular weight excluding hydrogens is 321 g/mol. The largest absolute Gasteiger partial charge is 0.320 e. The molecule has 1 unspecified atom stereocenters. The second kappa shape index (κ2) is 5.40. The van der Waals surface area contributed by atoms with Gasteiger partial charge in [-0.1, -0.05) is 57.3 Å². The Morgan fingerprint density at radius 3 is 2.47 bits per heavy atom. The van der Waals surface area contributed by atoms with Gasteiger partial charge in [0.05, 0.1) is 6.04 Å². The molecule has 0 heterocycles. The van der Waals surface area contributed by atoms with Gasteiger partial charge in [0, 0.05) is 14.5 Å². The molecule has 0 saturated heterocycles. The molecular formula is C13H10BrCl2N. The Bertz CT molecular complexity index is 543. The molecule has 2 rings (SSSR count). The fourth-order valence-corrected chi connectivity index (χ4v) is 2.62. The molecule has 17 heavy (non-hydrogen) atoms. The molecule has 0 fully saturated rings. The maximum Gasteiger partial charge on any atom is 0.0566 e. The highest BCUT2D eigenvalue weighted by molar-refractivity contribution is 9.10. The molecule has 0 radical (unpaired) electrons. The minimum Gasteiger partial charge on any atom is -0.320 e. The van der Waals surface area contributed by atoms with Crippen molar-refractivity contribution in [3.05, 3.63) is 68.1 Å². The van der Waals surface area contributed by atoms with Crippen molar-refractivity contribution in [1.29, 1.82) is 0 Å². The number of halogens is 3. The van der Waals surface area contributed by atoms with Gasteiger partial charge in [0.25, 0.3) is 0 Å². The van der Waals surface area contributed by atoms with Crippen molar-refractivity contribution in [2.24, 2.45) is 5.73 Å². The molecule has 4 heteroatoms. The summed E-state index contributed by atoms with van der Waals surface area (Å²) in [5.41, 5.74) is 8.01. The molecule has 0 aliphatic heterocycles. The van der Waals surface area contributed by atoms with Crippen LogP contribution in [0, 0.1) is 0 Å². The highest BCUT2D eigenvalue weighted by Gasteiger charge is 2.12. The summed E-state index contributed by atoms with van der Waals surface area (Å²) >= 11 is 15.5. The van der Waals surface area contributed by atoms with Gasteiger partial charge in [-0.2, -0.15) is 0 Å². The third-order valence-electron chi connectivity index (χ3n) is 2.51. The molecule has 2 aromatic rings. The van der Waals surface area contributed by atoms with Crippen molar-refractivity contribution in [3.63, 3.8) is 0 Å². The van der Waals surface area contributed by atoms with E-state index in [2.05, 4.69) is 15.9 Å². The lowest BCUT2D eigenvalue weighted by Crippen LogP contribution is -2.12. The van der Waals surface area contributed by atoms with Crippen LogP contribution in [0.15, 0.2) is 46.9 Å². The predicted molar refractivity (Wildman–Crippen MR) is 76.6 cm³/mol. The summed E-state index contributed by atoms with van der Waals surface area (Å²) in [7, 11) is 0. The van der Waals surface area contributed by atoms with E-state index in [0.717, 1.165) is 15.6 Å². The van der Waals surface area contributed by atoms with Gasteiger partial charge in [-0.25, -0.2) is 0 Å². The molecule has 1 atom stereocenters. The highest BCUT2D eigenvalue weighted by Crippen LogP contribution is 2.29. The maximum absolute atomic E-state index is 6.18. The van der Waals surface area contributed by atoms with E-state index in [1.165, 1.54) is 0 Å². The number of hydrogen-bond donors (Lipinski definition) is 1. The molecule has 0 amide bonds. The van der Waals surface area contributed by atoms with Gasteiger partial charge >= 0.3 is 0 Å². The molecule has 2 aromatic carbocycles. The van der Waals surface area contributed by atoms with Gasteiger partial charge in [-0.15, -0.1) is 0 Å². The van der Waals surface area contributed by atoms with Crippen LogP contribution >= 0.6 is 39.1 Å². The number of benzene rings is 2. The van der Waals surface area contributed by atoms with Crippen LogP contribution in [0.25, 0.3) is 0 Å². The van der Waals surface area contributed by atoms with E-state index in [1.807, 2.05) is 42.5 Å². The van der Waals surface area contributed by atoms with Gasteiger partial charge in [0.2, 0.25) is 0 Å². The summed E-state index contributed by atoms with van der Waals surface area (Å²) in [4.78, 5) is 0. The molecule has 88 valence electrons. The zero-order valence-corrected chi connectivity index (χ0v) is 11.9. The minimum atomic E-state index is -0.269. The summed E-state index contributed by atoms with van der Waals surface area (Å²) in [6.07, 6.45) is 0. The van der Waals surface area contributed by atoms with Crippen molar-refractivity contribution in [2.75, 3.05) is 0 Å². The first-order chi connectivity index (χ1) is 8.08. The SMILES string of the molecule is NC(c1cccc(Cl)c1)c1ccc(Br)cc1Cl. The highest BCUT2D eigenvalue weighted by atomic mass is 79.9. The number of rotatable bonds is 2. The summed E-state index contributed by atoms with van der Waals surface area (Å²) in [6.45, 7) is 0. The van der Waals surface area contributed by atoms with E-state index >= 15 is 0 Å². The lowest BCUT2D eigenvalue weighted by molar-refractivity contribution is 0.871. The van der Waals surface area contributed by atoms with Crippen LogP contribution in [0.3, 0.4) is 0 Å². The average molecular weight is 331 g/mol. The first kappa shape index (κ1) is 12.9. The molecule has 0 spiro atoms. The van der Waals surface area contributed by atoms with E-state index in [4.69, 9.17) is 28.9 Å². The Kier molecular flexibility index (Phi) is 4.10. The summed E-state index contributed by atoms with van der Waals surface area (Å²) in [5, 5.41) is 1.32. The van der Waals surface area contributed by atoms with Crippen molar-refractivity contribution in [3.8, 4) is 0 Å². The first-order valence-electron chi connectivity index (χ1n) is 5.04. The Morgan fingerprint density at radius 2 is 1.82 bits per heavy atom. The van der Waals surface area contributed by atoms with Crippen LogP contribution in [0.2, 0.25) is 10.0 Å². The van der Waals surface area contributed by atoms with Gasteiger partial charge in [0.15, 0.2) is 0 Å². The van der Waals surface area contributed by atoms with Crippen molar-refractivity contribution >= 4 is 39.1 Å².